The van der Waals surface area contributed by atoms with Gasteiger partial charge in [0.05, 0.1) is 0 Å². The van der Waals surface area contributed by atoms with Gasteiger partial charge in [0.1, 0.15) is 5.15 Å². The van der Waals surface area contributed by atoms with E-state index in [0.717, 1.165) is 30.4 Å². The summed E-state index contributed by atoms with van der Waals surface area (Å²) >= 11 is 7.87. The molecule has 116 valence electrons. The molecule has 0 spiro atoms. The van der Waals surface area contributed by atoms with Crippen LogP contribution in [0.1, 0.15) is 19.4 Å². The summed E-state index contributed by atoms with van der Waals surface area (Å²) < 4.78 is 0. The van der Waals surface area contributed by atoms with Crippen LogP contribution in [0.5, 0.6) is 0 Å². The van der Waals surface area contributed by atoms with E-state index in [4.69, 9.17) is 11.6 Å². The summed E-state index contributed by atoms with van der Waals surface area (Å²) in [6.45, 7) is 7.40. The van der Waals surface area contributed by atoms with E-state index in [1.54, 1.807) is 6.20 Å². The molecule has 1 atom stereocenters. The molecule has 1 saturated heterocycles. The number of hydrogen-bond acceptors (Lipinski definition) is 3. The summed E-state index contributed by atoms with van der Waals surface area (Å²) in [4.78, 5) is 10.9. The molecule has 1 fully saturated rings. The quantitative estimate of drug-likeness (QED) is 0.527. The Morgan fingerprint density at radius 2 is 2.38 bits per heavy atom. The van der Waals surface area contributed by atoms with Crippen molar-refractivity contribution in [3.8, 4) is 0 Å². The zero-order valence-corrected chi connectivity index (χ0v) is 14.4. The number of thioether (sulfide) groups is 1. The molecule has 1 N–H and O–H groups in total. The molecule has 1 aromatic heterocycles. The fraction of sp³-hybridized carbons (Fsp3) is 0.600. The summed E-state index contributed by atoms with van der Waals surface area (Å²) in [5.74, 6) is 2.82. The number of nitrogens with one attached hydrogen (secondary N) is 1. The first-order valence-electron chi connectivity index (χ1n) is 7.27. The van der Waals surface area contributed by atoms with E-state index in [1.807, 2.05) is 19.2 Å². The van der Waals surface area contributed by atoms with Crippen LogP contribution < -0.4 is 5.32 Å². The van der Waals surface area contributed by atoms with Crippen LogP contribution in [0.2, 0.25) is 5.15 Å². The van der Waals surface area contributed by atoms with E-state index in [0.29, 0.717) is 22.9 Å². The molecule has 0 bridgehead atoms. The second kappa shape index (κ2) is 7.90. The van der Waals surface area contributed by atoms with Crippen molar-refractivity contribution in [1.82, 2.24) is 15.2 Å². The van der Waals surface area contributed by atoms with E-state index >= 15 is 0 Å². The minimum atomic E-state index is 0.524. The SMILES string of the molecule is CN=C(NCc1ccc(Cl)nc1)N1CCSC(C(C)C)C1. The van der Waals surface area contributed by atoms with Crippen molar-refractivity contribution in [2.24, 2.45) is 10.9 Å². The van der Waals surface area contributed by atoms with Crippen LogP contribution in [-0.4, -0.2) is 47.0 Å². The van der Waals surface area contributed by atoms with Gasteiger partial charge in [-0.15, -0.1) is 0 Å². The van der Waals surface area contributed by atoms with Crippen molar-refractivity contribution in [1.29, 1.82) is 0 Å². The number of pyridine rings is 1. The van der Waals surface area contributed by atoms with Crippen molar-refractivity contribution in [2.75, 3.05) is 25.9 Å². The van der Waals surface area contributed by atoms with Gasteiger partial charge in [-0.25, -0.2) is 4.98 Å². The first-order valence-corrected chi connectivity index (χ1v) is 8.70. The molecule has 0 aromatic carbocycles. The van der Waals surface area contributed by atoms with Crippen LogP contribution in [0.4, 0.5) is 0 Å². The maximum Gasteiger partial charge on any atom is 0.193 e. The molecule has 1 aromatic rings. The maximum atomic E-state index is 5.80. The molecule has 4 nitrogen and oxygen atoms in total. The molecule has 2 heterocycles. The molecule has 1 aliphatic rings. The minimum absolute atomic E-state index is 0.524. The van der Waals surface area contributed by atoms with Gasteiger partial charge in [-0.1, -0.05) is 31.5 Å². The summed E-state index contributed by atoms with van der Waals surface area (Å²) in [7, 11) is 1.84. The van der Waals surface area contributed by atoms with Crippen LogP contribution in [0, 0.1) is 5.92 Å². The molecule has 2 rings (SSSR count). The molecule has 0 aliphatic carbocycles. The molecule has 21 heavy (non-hydrogen) atoms. The number of aliphatic imine (C=N–C) groups is 1. The van der Waals surface area contributed by atoms with Crippen LogP contribution in [0.3, 0.4) is 0 Å². The average molecular weight is 327 g/mol. The Hall–Kier alpha value is -0.940. The largest absolute Gasteiger partial charge is 0.352 e. The van der Waals surface area contributed by atoms with Crippen molar-refractivity contribution in [2.45, 2.75) is 25.6 Å². The van der Waals surface area contributed by atoms with Gasteiger partial charge in [0.2, 0.25) is 0 Å². The second-order valence-corrected chi connectivity index (χ2v) is 7.22. The van der Waals surface area contributed by atoms with Crippen molar-refractivity contribution in [3.63, 3.8) is 0 Å². The van der Waals surface area contributed by atoms with E-state index in [9.17, 15) is 0 Å². The molecule has 0 saturated carbocycles. The lowest BCUT2D eigenvalue weighted by Gasteiger charge is -2.36. The van der Waals surface area contributed by atoms with Gasteiger partial charge in [0, 0.05) is 43.9 Å². The van der Waals surface area contributed by atoms with Crippen molar-refractivity contribution in [3.05, 3.63) is 29.0 Å². The highest BCUT2D eigenvalue weighted by Crippen LogP contribution is 2.24. The Kier molecular flexibility index (Phi) is 6.18. The first-order chi connectivity index (χ1) is 10.1. The van der Waals surface area contributed by atoms with E-state index in [1.165, 1.54) is 0 Å². The van der Waals surface area contributed by atoms with Gasteiger partial charge >= 0.3 is 0 Å². The van der Waals surface area contributed by atoms with Gasteiger partial charge in [0.15, 0.2) is 5.96 Å². The summed E-state index contributed by atoms with van der Waals surface area (Å²) in [6.07, 6.45) is 1.80. The lowest BCUT2D eigenvalue weighted by Crippen LogP contribution is -2.48. The Morgan fingerprint density at radius 1 is 1.57 bits per heavy atom. The number of nitrogens with zero attached hydrogens (tertiary/aromatic N) is 3. The number of aromatic nitrogens is 1. The van der Waals surface area contributed by atoms with Gasteiger partial charge in [-0.05, 0) is 17.5 Å². The van der Waals surface area contributed by atoms with E-state index in [-0.39, 0.29) is 0 Å². The summed E-state index contributed by atoms with van der Waals surface area (Å²) in [6, 6.07) is 3.80. The van der Waals surface area contributed by atoms with E-state index in [2.05, 4.69) is 45.8 Å². The summed E-state index contributed by atoms with van der Waals surface area (Å²) in [5, 5.41) is 4.62. The zero-order valence-electron chi connectivity index (χ0n) is 12.8. The smallest absolute Gasteiger partial charge is 0.193 e. The lowest BCUT2D eigenvalue weighted by molar-refractivity contribution is 0.380. The van der Waals surface area contributed by atoms with Crippen LogP contribution in [0.25, 0.3) is 0 Å². The predicted octanol–water partition coefficient (Wildman–Crippen LogP) is 2.88. The topological polar surface area (TPSA) is 40.5 Å². The Bertz CT molecular complexity index is 475. The highest BCUT2D eigenvalue weighted by molar-refractivity contribution is 8.00. The monoisotopic (exact) mass is 326 g/mol. The van der Waals surface area contributed by atoms with Gasteiger partial charge in [-0.2, -0.15) is 11.8 Å². The maximum absolute atomic E-state index is 5.80. The first kappa shape index (κ1) is 16.4. The molecule has 1 unspecified atom stereocenters. The Morgan fingerprint density at radius 3 is 3.00 bits per heavy atom. The molecular weight excluding hydrogens is 304 g/mol. The normalized spacial score (nSPS) is 20.0. The van der Waals surface area contributed by atoms with Crippen LogP contribution in [0.15, 0.2) is 23.3 Å². The second-order valence-electron chi connectivity index (χ2n) is 5.49. The highest BCUT2D eigenvalue weighted by Gasteiger charge is 2.24. The molecule has 0 amide bonds. The number of guanidine groups is 1. The summed E-state index contributed by atoms with van der Waals surface area (Å²) in [5.41, 5.74) is 1.10. The fourth-order valence-corrected chi connectivity index (χ4v) is 3.71. The zero-order chi connectivity index (χ0) is 15.2. The fourth-order valence-electron chi connectivity index (χ4n) is 2.30. The lowest BCUT2D eigenvalue weighted by atomic mass is 10.1. The van der Waals surface area contributed by atoms with Crippen LogP contribution in [-0.2, 0) is 6.54 Å². The number of halogens is 1. The molecular formula is C15H23ClN4S. The van der Waals surface area contributed by atoms with Gasteiger partial charge in [0.25, 0.3) is 0 Å². The predicted molar refractivity (Wildman–Crippen MR) is 92.1 cm³/mol. The Balaban J connectivity index is 1.92. The molecule has 1 aliphatic heterocycles. The number of hydrogen-bond donors (Lipinski definition) is 1. The van der Waals surface area contributed by atoms with Gasteiger partial charge in [-0.3, -0.25) is 4.99 Å². The van der Waals surface area contributed by atoms with Crippen molar-refractivity contribution < 1.29 is 0 Å². The van der Waals surface area contributed by atoms with Crippen LogP contribution >= 0.6 is 23.4 Å². The average Bonchev–Trinajstić information content (AvgIpc) is 2.50. The van der Waals surface area contributed by atoms with Crippen molar-refractivity contribution >= 4 is 29.3 Å². The van der Waals surface area contributed by atoms with E-state index < -0.39 is 0 Å². The molecule has 0 radical (unpaired) electrons. The minimum Gasteiger partial charge on any atom is -0.352 e. The van der Waals surface area contributed by atoms with Gasteiger partial charge < -0.3 is 10.2 Å². The third kappa shape index (κ3) is 4.78. The number of rotatable bonds is 3. The Labute approximate surface area is 136 Å². The molecule has 6 heteroatoms. The highest BCUT2D eigenvalue weighted by atomic mass is 35.5. The third-order valence-electron chi connectivity index (χ3n) is 3.59. The third-order valence-corrected chi connectivity index (χ3v) is 5.35. The standard InChI is InChI=1S/C15H23ClN4S/c1-11(2)13-10-20(6-7-21-13)15(17-3)19-9-12-4-5-14(16)18-8-12/h4-5,8,11,13H,6-7,9-10H2,1-3H3,(H,17,19).